The van der Waals surface area contributed by atoms with E-state index in [1.165, 1.54) is 10.8 Å². The maximum atomic E-state index is 13.2. The van der Waals surface area contributed by atoms with E-state index in [-0.39, 0.29) is 6.04 Å². The van der Waals surface area contributed by atoms with Crippen LogP contribution in [-0.4, -0.2) is 26.0 Å². The molecule has 0 saturated heterocycles. The fraction of sp³-hybridized carbons (Fsp3) is 0.600. The van der Waals surface area contributed by atoms with Crippen LogP contribution in [0.3, 0.4) is 0 Å². The number of hydrogen-bond donors (Lipinski definition) is 1. The molecule has 8 heteroatoms. The SMILES string of the molecule is C[C@H]1Cc2c(noc2C2CC2)-c2cnc([C@@](C)(O)C(F)(F)F)n21. The molecule has 124 valence electrons. The third kappa shape index (κ3) is 1.97. The molecule has 0 unspecified atom stereocenters. The molecule has 23 heavy (non-hydrogen) atoms. The summed E-state index contributed by atoms with van der Waals surface area (Å²) in [6.07, 6.45) is -0.830. The number of imidazole rings is 1. The van der Waals surface area contributed by atoms with Crippen molar-refractivity contribution in [2.24, 2.45) is 0 Å². The first-order valence-corrected chi connectivity index (χ1v) is 7.57. The highest BCUT2D eigenvalue weighted by Crippen LogP contribution is 2.48. The van der Waals surface area contributed by atoms with Gasteiger partial charge in [0.15, 0.2) is 5.82 Å². The third-order valence-electron chi connectivity index (χ3n) is 4.73. The standard InChI is InChI=1S/C15H16F3N3O2/c1-7-5-9-11(20-23-12(9)8-3-4-8)10-6-19-13(21(7)10)14(2,22)15(16,17)18/h6-8,22H,3-5H2,1-2H3/t7-,14+/m0/s1. The minimum Gasteiger partial charge on any atom is -0.374 e. The number of rotatable bonds is 2. The van der Waals surface area contributed by atoms with Crippen molar-refractivity contribution in [2.45, 2.75) is 56.8 Å². The van der Waals surface area contributed by atoms with Crippen molar-refractivity contribution >= 4 is 0 Å². The first kappa shape index (κ1) is 14.7. The minimum atomic E-state index is -4.81. The number of alkyl halides is 3. The van der Waals surface area contributed by atoms with Gasteiger partial charge in [-0.3, -0.25) is 0 Å². The Morgan fingerprint density at radius 2 is 2.04 bits per heavy atom. The summed E-state index contributed by atoms with van der Waals surface area (Å²) < 4.78 is 46.4. The molecule has 1 N–H and O–H groups in total. The van der Waals surface area contributed by atoms with E-state index in [2.05, 4.69) is 10.1 Å². The summed E-state index contributed by atoms with van der Waals surface area (Å²) in [5.41, 5.74) is -1.04. The molecule has 2 atom stereocenters. The second-order valence-corrected chi connectivity index (χ2v) is 6.61. The van der Waals surface area contributed by atoms with Crippen LogP contribution in [0.25, 0.3) is 11.4 Å². The van der Waals surface area contributed by atoms with Crippen LogP contribution >= 0.6 is 0 Å². The summed E-state index contributed by atoms with van der Waals surface area (Å²) >= 11 is 0. The van der Waals surface area contributed by atoms with Gasteiger partial charge < -0.3 is 14.2 Å². The van der Waals surface area contributed by atoms with Crippen LogP contribution in [0.5, 0.6) is 0 Å². The molecule has 0 spiro atoms. The Bertz CT molecular complexity index is 772. The zero-order chi connectivity index (χ0) is 16.6. The molecule has 2 aromatic rings. The number of aliphatic hydroxyl groups is 1. The molecular formula is C15H16F3N3O2. The maximum absolute atomic E-state index is 13.2. The molecular weight excluding hydrogens is 311 g/mol. The van der Waals surface area contributed by atoms with Crippen LogP contribution in [0.2, 0.25) is 0 Å². The smallest absolute Gasteiger partial charge is 0.374 e. The highest BCUT2D eigenvalue weighted by molar-refractivity contribution is 5.63. The monoisotopic (exact) mass is 327 g/mol. The molecule has 3 heterocycles. The fourth-order valence-electron chi connectivity index (χ4n) is 3.24. The van der Waals surface area contributed by atoms with Gasteiger partial charge in [0.05, 0.1) is 11.9 Å². The molecule has 0 radical (unpaired) electrons. The summed E-state index contributed by atoms with van der Waals surface area (Å²) in [5.74, 6) is 0.822. The Hall–Kier alpha value is -1.83. The lowest BCUT2D eigenvalue weighted by Crippen LogP contribution is -2.42. The second-order valence-electron chi connectivity index (χ2n) is 6.61. The van der Waals surface area contributed by atoms with Crippen LogP contribution in [0, 0.1) is 0 Å². The van der Waals surface area contributed by atoms with Crippen molar-refractivity contribution in [3.63, 3.8) is 0 Å². The van der Waals surface area contributed by atoms with E-state index in [1.807, 2.05) is 6.92 Å². The molecule has 0 aromatic carbocycles. The summed E-state index contributed by atoms with van der Waals surface area (Å²) in [4.78, 5) is 3.87. The third-order valence-corrected chi connectivity index (χ3v) is 4.73. The number of fused-ring (bicyclic) bond motifs is 3. The van der Waals surface area contributed by atoms with E-state index >= 15 is 0 Å². The normalized spacial score (nSPS) is 23.3. The zero-order valence-corrected chi connectivity index (χ0v) is 12.7. The Morgan fingerprint density at radius 1 is 1.35 bits per heavy atom. The lowest BCUT2D eigenvalue weighted by molar-refractivity contribution is -0.262. The Morgan fingerprint density at radius 3 is 2.65 bits per heavy atom. The number of aromatic nitrogens is 3. The van der Waals surface area contributed by atoms with Gasteiger partial charge in [-0.2, -0.15) is 13.2 Å². The van der Waals surface area contributed by atoms with Crippen LogP contribution in [0.15, 0.2) is 10.7 Å². The van der Waals surface area contributed by atoms with Gasteiger partial charge in [-0.15, -0.1) is 0 Å². The first-order chi connectivity index (χ1) is 10.7. The van der Waals surface area contributed by atoms with Crippen LogP contribution in [0.1, 0.15) is 55.8 Å². The molecule has 1 fully saturated rings. The summed E-state index contributed by atoms with van der Waals surface area (Å²) in [6, 6.07) is -0.263. The fourth-order valence-corrected chi connectivity index (χ4v) is 3.24. The molecule has 1 aliphatic heterocycles. The Kier molecular flexibility index (Phi) is 2.80. The Labute approximate surface area is 130 Å². The van der Waals surface area contributed by atoms with E-state index in [0.29, 0.717) is 23.7 Å². The van der Waals surface area contributed by atoms with Gasteiger partial charge in [0.25, 0.3) is 0 Å². The summed E-state index contributed by atoms with van der Waals surface area (Å²) in [6.45, 7) is 2.54. The Balaban J connectivity index is 1.86. The lowest BCUT2D eigenvalue weighted by atomic mass is 9.96. The highest BCUT2D eigenvalue weighted by atomic mass is 19.4. The molecule has 4 rings (SSSR count). The first-order valence-electron chi connectivity index (χ1n) is 7.57. The van der Waals surface area contributed by atoms with E-state index in [1.54, 1.807) is 0 Å². The largest absolute Gasteiger partial charge is 0.424 e. The predicted molar refractivity (Wildman–Crippen MR) is 73.7 cm³/mol. The van der Waals surface area contributed by atoms with Crippen molar-refractivity contribution in [1.82, 2.24) is 14.7 Å². The van der Waals surface area contributed by atoms with Gasteiger partial charge in [0.1, 0.15) is 11.5 Å². The van der Waals surface area contributed by atoms with Crippen molar-refractivity contribution in [3.8, 4) is 11.4 Å². The van der Waals surface area contributed by atoms with Crippen LogP contribution < -0.4 is 0 Å². The van der Waals surface area contributed by atoms with E-state index in [4.69, 9.17) is 4.52 Å². The van der Waals surface area contributed by atoms with Gasteiger partial charge in [-0.25, -0.2) is 4.98 Å². The summed E-state index contributed by atoms with van der Waals surface area (Å²) in [7, 11) is 0. The number of hydrogen-bond acceptors (Lipinski definition) is 4. The molecule has 2 aromatic heterocycles. The van der Waals surface area contributed by atoms with Crippen LogP contribution in [-0.2, 0) is 12.0 Å². The second kappa shape index (κ2) is 4.37. The minimum absolute atomic E-state index is 0.263. The van der Waals surface area contributed by atoms with Gasteiger partial charge in [-0.1, -0.05) is 5.16 Å². The summed E-state index contributed by atoms with van der Waals surface area (Å²) in [5, 5.41) is 14.0. The topological polar surface area (TPSA) is 64.1 Å². The van der Waals surface area contributed by atoms with Gasteiger partial charge in [0, 0.05) is 17.5 Å². The van der Waals surface area contributed by atoms with Crippen molar-refractivity contribution in [2.75, 3.05) is 0 Å². The van der Waals surface area contributed by atoms with Gasteiger partial charge in [0.2, 0.25) is 5.60 Å². The molecule has 5 nitrogen and oxygen atoms in total. The van der Waals surface area contributed by atoms with Gasteiger partial charge in [-0.05, 0) is 33.1 Å². The van der Waals surface area contributed by atoms with Gasteiger partial charge >= 0.3 is 6.18 Å². The quantitative estimate of drug-likeness (QED) is 0.919. The van der Waals surface area contributed by atoms with E-state index < -0.39 is 17.6 Å². The highest BCUT2D eigenvalue weighted by Gasteiger charge is 2.55. The molecule has 0 amide bonds. The molecule has 1 saturated carbocycles. The molecule has 0 bridgehead atoms. The van der Waals surface area contributed by atoms with Crippen LogP contribution in [0.4, 0.5) is 13.2 Å². The predicted octanol–water partition coefficient (Wildman–Crippen LogP) is 3.30. The van der Waals surface area contributed by atoms with Crippen molar-refractivity contribution < 1.29 is 22.8 Å². The molecule has 2 aliphatic rings. The zero-order valence-electron chi connectivity index (χ0n) is 12.7. The average Bonchev–Trinajstić information content (AvgIpc) is 3.03. The van der Waals surface area contributed by atoms with E-state index in [0.717, 1.165) is 31.1 Å². The number of halogens is 3. The number of nitrogens with zero attached hydrogens (tertiary/aromatic N) is 3. The average molecular weight is 327 g/mol. The molecule has 1 aliphatic carbocycles. The van der Waals surface area contributed by atoms with Crippen molar-refractivity contribution in [3.05, 3.63) is 23.3 Å². The van der Waals surface area contributed by atoms with Crippen molar-refractivity contribution in [1.29, 1.82) is 0 Å². The maximum Gasteiger partial charge on any atom is 0.424 e. The lowest BCUT2D eigenvalue weighted by Gasteiger charge is -2.30. The van der Waals surface area contributed by atoms with E-state index in [9.17, 15) is 18.3 Å².